The Bertz CT molecular complexity index is 1410. The van der Waals surface area contributed by atoms with Gasteiger partial charge < -0.3 is 9.88 Å². The highest BCUT2D eigenvalue weighted by atomic mass is 16.1. The minimum atomic E-state index is -0.171. The summed E-state index contributed by atoms with van der Waals surface area (Å²) in [5, 5.41) is 7.70. The van der Waals surface area contributed by atoms with Gasteiger partial charge in [-0.2, -0.15) is 9.78 Å². The van der Waals surface area contributed by atoms with Gasteiger partial charge in [-0.1, -0.05) is 60.7 Å². The summed E-state index contributed by atoms with van der Waals surface area (Å²) in [6, 6.07) is 27.7. The molecule has 5 rings (SSSR count). The van der Waals surface area contributed by atoms with E-state index in [1.54, 1.807) is 4.68 Å². The highest BCUT2D eigenvalue weighted by Crippen LogP contribution is 2.24. The van der Waals surface area contributed by atoms with Gasteiger partial charge in [-0.25, -0.2) is 4.98 Å². The van der Waals surface area contributed by atoms with Gasteiger partial charge >= 0.3 is 0 Å². The lowest BCUT2D eigenvalue weighted by molar-refractivity contribution is 0.102. The average Bonchev–Trinajstić information content (AvgIpc) is 3.34. The first-order chi connectivity index (χ1) is 15.6. The average molecular weight is 422 g/mol. The number of para-hydroxylation sites is 2. The number of nitrogens with zero attached hydrogens (tertiary/aromatic N) is 4. The molecule has 2 aromatic heterocycles. The number of amides is 1. The summed E-state index contributed by atoms with van der Waals surface area (Å²) in [5.74, 6) is 1.07. The van der Waals surface area contributed by atoms with Crippen LogP contribution in [-0.4, -0.2) is 25.2 Å². The van der Waals surface area contributed by atoms with Crippen molar-refractivity contribution in [3.8, 4) is 5.95 Å². The van der Waals surface area contributed by atoms with Gasteiger partial charge in [0, 0.05) is 11.6 Å². The van der Waals surface area contributed by atoms with Crippen LogP contribution in [0.3, 0.4) is 0 Å². The Kier molecular flexibility index (Phi) is 5.03. The van der Waals surface area contributed by atoms with E-state index in [9.17, 15) is 4.79 Å². The molecule has 0 saturated heterocycles. The van der Waals surface area contributed by atoms with E-state index >= 15 is 0 Å². The van der Waals surface area contributed by atoms with Crippen LogP contribution in [0.5, 0.6) is 0 Å². The predicted molar refractivity (Wildman–Crippen MR) is 126 cm³/mol. The van der Waals surface area contributed by atoms with E-state index < -0.39 is 0 Å². The van der Waals surface area contributed by atoms with Crippen molar-refractivity contribution in [3.63, 3.8) is 0 Å². The van der Waals surface area contributed by atoms with Gasteiger partial charge in [0.1, 0.15) is 5.82 Å². The SMILES string of the molecule is Cc1cc(NC(=O)c2ccccc2C)n(-c2nc3ccccc3n2Cc2ccccc2)n1. The summed E-state index contributed by atoms with van der Waals surface area (Å²) in [4.78, 5) is 17.9. The second kappa shape index (κ2) is 8.15. The molecule has 0 spiro atoms. The maximum absolute atomic E-state index is 13.0. The predicted octanol–water partition coefficient (Wildman–Crippen LogP) is 5.14. The quantitative estimate of drug-likeness (QED) is 0.427. The number of hydrogen-bond donors (Lipinski definition) is 1. The molecule has 3 aromatic carbocycles. The van der Waals surface area contributed by atoms with Gasteiger partial charge in [-0.3, -0.25) is 4.79 Å². The van der Waals surface area contributed by atoms with E-state index in [4.69, 9.17) is 4.98 Å². The molecule has 158 valence electrons. The second-order valence-corrected chi connectivity index (χ2v) is 7.82. The van der Waals surface area contributed by atoms with Crippen LogP contribution in [0.4, 0.5) is 5.82 Å². The van der Waals surface area contributed by atoms with Gasteiger partial charge in [-0.05, 0) is 43.2 Å². The molecule has 0 radical (unpaired) electrons. The van der Waals surface area contributed by atoms with Crippen molar-refractivity contribution in [2.75, 3.05) is 5.32 Å². The largest absolute Gasteiger partial charge is 0.306 e. The Hall–Kier alpha value is -4.19. The molecule has 0 atom stereocenters. The molecule has 1 amide bonds. The topological polar surface area (TPSA) is 64.7 Å². The zero-order valence-corrected chi connectivity index (χ0v) is 18.0. The molecule has 0 saturated carbocycles. The van der Waals surface area contributed by atoms with Crippen LogP contribution in [-0.2, 0) is 6.54 Å². The second-order valence-electron chi connectivity index (χ2n) is 7.82. The first-order valence-electron chi connectivity index (χ1n) is 10.5. The lowest BCUT2D eigenvalue weighted by atomic mass is 10.1. The summed E-state index contributed by atoms with van der Waals surface area (Å²) in [6.07, 6.45) is 0. The molecule has 6 heteroatoms. The number of benzene rings is 3. The van der Waals surface area contributed by atoms with Gasteiger partial charge in [0.25, 0.3) is 5.91 Å². The number of aryl methyl sites for hydroxylation is 2. The normalized spacial score (nSPS) is 11.1. The summed E-state index contributed by atoms with van der Waals surface area (Å²) in [6.45, 7) is 4.47. The van der Waals surface area contributed by atoms with Crippen molar-refractivity contribution in [1.82, 2.24) is 19.3 Å². The fraction of sp³-hybridized carbons (Fsp3) is 0.115. The van der Waals surface area contributed by atoms with Gasteiger partial charge in [0.2, 0.25) is 5.95 Å². The summed E-state index contributed by atoms with van der Waals surface area (Å²) < 4.78 is 3.84. The maximum atomic E-state index is 13.0. The van der Waals surface area contributed by atoms with E-state index in [-0.39, 0.29) is 5.91 Å². The van der Waals surface area contributed by atoms with E-state index in [1.165, 1.54) is 0 Å². The summed E-state index contributed by atoms with van der Waals surface area (Å²) in [7, 11) is 0. The summed E-state index contributed by atoms with van der Waals surface area (Å²) >= 11 is 0. The minimum Gasteiger partial charge on any atom is -0.306 e. The van der Waals surface area contributed by atoms with Crippen LogP contribution in [0.1, 0.15) is 27.2 Å². The Morgan fingerprint density at radius 3 is 2.44 bits per heavy atom. The molecule has 0 fully saturated rings. The molecule has 5 aromatic rings. The fourth-order valence-corrected chi connectivity index (χ4v) is 3.90. The Labute approximate surface area is 186 Å². The van der Waals surface area contributed by atoms with Crippen molar-refractivity contribution >= 4 is 22.8 Å². The molecule has 0 unspecified atom stereocenters. The van der Waals surface area contributed by atoms with Crippen LogP contribution in [0.2, 0.25) is 0 Å². The standard InChI is InChI=1S/C26H23N5O/c1-18-10-6-7-13-21(18)25(32)28-24-16-19(2)29-31(24)26-27-22-14-8-9-15-23(22)30(26)17-20-11-4-3-5-12-20/h3-16H,17H2,1-2H3,(H,28,32). The number of carbonyl (C=O) groups is 1. The molecule has 0 aliphatic heterocycles. The third-order valence-electron chi connectivity index (χ3n) is 5.47. The highest BCUT2D eigenvalue weighted by molar-refractivity contribution is 6.05. The smallest absolute Gasteiger partial charge is 0.257 e. The molecule has 0 bridgehead atoms. The molecule has 32 heavy (non-hydrogen) atoms. The number of rotatable bonds is 5. The van der Waals surface area contributed by atoms with Crippen LogP contribution in [0, 0.1) is 13.8 Å². The number of aromatic nitrogens is 4. The lowest BCUT2D eigenvalue weighted by Crippen LogP contribution is -2.18. The van der Waals surface area contributed by atoms with Crippen LogP contribution in [0.15, 0.2) is 84.9 Å². The van der Waals surface area contributed by atoms with Crippen LogP contribution >= 0.6 is 0 Å². The zero-order chi connectivity index (χ0) is 22.1. The summed E-state index contributed by atoms with van der Waals surface area (Å²) in [5.41, 5.74) is 5.40. The number of nitrogens with one attached hydrogen (secondary N) is 1. The number of anilines is 1. The number of hydrogen-bond acceptors (Lipinski definition) is 3. The Balaban J connectivity index is 1.60. The van der Waals surface area contributed by atoms with Crippen LogP contribution < -0.4 is 5.32 Å². The third-order valence-corrected chi connectivity index (χ3v) is 5.47. The molecular formula is C26H23N5O. The van der Waals surface area contributed by atoms with Crippen LogP contribution in [0.25, 0.3) is 17.0 Å². The molecule has 0 aliphatic carbocycles. The van der Waals surface area contributed by atoms with Crippen molar-refractivity contribution < 1.29 is 4.79 Å². The van der Waals surface area contributed by atoms with Gasteiger partial charge in [0.05, 0.1) is 23.3 Å². The van der Waals surface area contributed by atoms with E-state index in [0.717, 1.165) is 27.9 Å². The maximum Gasteiger partial charge on any atom is 0.257 e. The molecule has 2 heterocycles. The fourth-order valence-electron chi connectivity index (χ4n) is 3.90. The van der Waals surface area contributed by atoms with E-state index in [2.05, 4.69) is 33.2 Å². The molecular weight excluding hydrogens is 398 g/mol. The molecule has 6 nitrogen and oxygen atoms in total. The minimum absolute atomic E-state index is 0.171. The number of carbonyl (C=O) groups excluding carboxylic acids is 1. The first-order valence-corrected chi connectivity index (χ1v) is 10.5. The monoisotopic (exact) mass is 421 g/mol. The van der Waals surface area contributed by atoms with Gasteiger partial charge in [-0.15, -0.1) is 0 Å². The zero-order valence-electron chi connectivity index (χ0n) is 18.0. The van der Waals surface area contributed by atoms with Gasteiger partial charge in [0.15, 0.2) is 0 Å². The van der Waals surface area contributed by atoms with Crippen molar-refractivity contribution in [1.29, 1.82) is 0 Å². The van der Waals surface area contributed by atoms with E-state index in [1.807, 2.05) is 80.6 Å². The van der Waals surface area contributed by atoms with Crippen molar-refractivity contribution in [2.24, 2.45) is 0 Å². The van der Waals surface area contributed by atoms with Crippen molar-refractivity contribution in [3.05, 3.63) is 107 Å². The molecule has 0 aliphatic rings. The lowest BCUT2D eigenvalue weighted by Gasteiger charge is -2.12. The van der Waals surface area contributed by atoms with Crippen molar-refractivity contribution in [2.45, 2.75) is 20.4 Å². The number of imidazole rings is 1. The van der Waals surface area contributed by atoms with E-state index in [0.29, 0.717) is 23.9 Å². The molecule has 1 N–H and O–H groups in total. The first kappa shape index (κ1) is 19.8. The Morgan fingerprint density at radius 2 is 1.62 bits per heavy atom. The number of fused-ring (bicyclic) bond motifs is 1. The third kappa shape index (κ3) is 3.67. The highest BCUT2D eigenvalue weighted by Gasteiger charge is 2.19. The Morgan fingerprint density at radius 1 is 0.906 bits per heavy atom.